The highest BCUT2D eigenvalue weighted by Gasteiger charge is 2.52. The lowest BCUT2D eigenvalue weighted by Crippen LogP contribution is -2.56. The number of nitrogens with one attached hydrogen (secondary N) is 2. The third kappa shape index (κ3) is 3.48. The SMILES string of the molecule is CCOC(=O)[C@@]1(Nc2ccccc2C(=O)O)Sc2cc(C)ccc2NC1=O. The Bertz CT molecular complexity index is 930. The van der Waals surface area contributed by atoms with Crippen LogP contribution in [0.2, 0.25) is 0 Å². The van der Waals surface area contributed by atoms with Crippen molar-refractivity contribution in [3.8, 4) is 0 Å². The molecule has 1 amide bonds. The van der Waals surface area contributed by atoms with Gasteiger partial charge in [0.15, 0.2) is 0 Å². The van der Waals surface area contributed by atoms with E-state index in [0.717, 1.165) is 17.3 Å². The number of carbonyl (C=O) groups is 3. The minimum absolute atomic E-state index is 0.0513. The molecule has 8 heteroatoms. The Morgan fingerprint density at radius 3 is 2.70 bits per heavy atom. The highest BCUT2D eigenvalue weighted by molar-refractivity contribution is 8.02. The van der Waals surface area contributed by atoms with Crippen molar-refractivity contribution in [1.82, 2.24) is 0 Å². The zero-order valence-electron chi connectivity index (χ0n) is 14.7. The molecule has 2 aromatic rings. The van der Waals surface area contributed by atoms with Crippen molar-refractivity contribution in [2.45, 2.75) is 23.6 Å². The lowest BCUT2D eigenvalue weighted by Gasteiger charge is -2.35. The van der Waals surface area contributed by atoms with E-state index in [9.17, 15) is 19.5 Å². The maximum absolute atomic E-state index is 12.9. The van der Waals surface area contributed by atoms with Crippen LogP contribution < -0.4 is 10.6 Å². The monoisotopic (exact) mass is 386 g/mol. The molecule has 0 unspecified atom stereocenters. The third-order valence-corrected chi connectivity index (χ3v) is 5.32. The Morgan fingerprint density at radius 2 is 2.00 bits per heavy atom. The minimum Gasteiger partial charge on any atom is -0.478 e. The smallest absolute Gasteiger partial charge is 0.352 e. The fraction of sp³-hybridized carbons (Fsp3) is 0.211. The molecule has 0 saturated carbocycles. The molecule has 27 heavy (non-hydrogen) atoms. The second-order valence-electron chi connectivity index (χ2n) is 5.93. The number of aromatic carboxylic acids is 1. The van der Waals surface area contributed by atoms with Crippen LogP contribution in [0.3, 0.4) is 0 Å². The van der Waals surface area contributed by atoms with Gasteiger partial charge in [0.2, 0.25) is 0 Å². The number of thioether (sulfide) groups is 1. The zero-order valence-corrected chi connectivity index (χ0v) is 15.6. The van der Waals surface area contributed by atoms with Crippen molar-refractivity contribution in [2.75, 3.05) is 17.2 Å². The van der Waals surface area contributed by atoms with Crippen LogP contribution >= 0.6 is 11.8 Å². The van der Waals surface area contributed by atoms with Crippen molar-refractivity contribution in [2.24, 2.45) is 0 Å². The van der Waals surface area contributed by atoms with E-state index >= 15 is 0 Å². The summed E-state index contributed by atoms with van der Waals surface area (Å²) in [5.74, 6) is -2.59. The summed E-state index contributed by atoms with van der Waals surface area (Å²) in [4.78, 5) is 36.1. The predicted octanol–water partition coefficient (Wildman–Crippen LogP) is 3.11. The van der Waals surface area contributed by atoms with Crippen LogP contribution in [0.5, 0.6) is 0 Å². The number of carboxylic acid groups (broad SMARTS) is 1. The van der Waals surface area contributed by atoms with E-state index in [1.807, 2.05) is 19.1 Å². The van der Waals surface area contributed by atoms with Gasteiger partial charge in [-0.05, 0) is 43.7 Å². The predicted molar refractivity (Wildman–Crippen MR) is 102 cm³/mol. The number of carboxylic acids is 1. The van der Waals surface area contributed by atoms with Crippen molar-refractivity contribution >= 4 is 41.0 Å². The quantitative estimate of drug-likeness (QED) is 0.536. The van der Waals surface area contributed by atoms with Crippen LogP contribution in [0.25, 0.3) is 0 Å². The number of para-hydroxylation sites is 1. The summed E-state index contributed by atoms with van der Waals surface area (Å²) >= 11 is 0.999. The molecule has 1 aliphatic heterocycles. The Labute approximate surface area is 160 Å². The van der Waals surface area contributed by atoms with Crippen LogP contribution in [-0.2, 0) is 14.3 Å². The van der Waals surface area contributed by atoms with Gasteiger partial charge in [0, 0.05) is 4.90 Å². The molecule has 1 heterocycles. The second kappa shape index (κ2) is 7.32. The molecular formula is C19H18N2O5S. The minimum atomic E-state index is -1.84. The topological polar surface area (TPSA) is 105 Å². The van der Waals surface area contributed by atoms with E-state index in [2.05, 4.69) is 10.6 Å². The third-order valence-electron chi connectivity index (χ3n) is 4.00. The normalized spacial score (nSPS) is 18.2. The van der Waals surface area contributed by atoms with E-state index in [4.69, 9.17) is 4.74 Å². The van der Waals surface area contributed by atoms with E-state index in [1.54, 1.807) is 25.1 Å². The molecule has 0 bridgehead atoms. The first-order chi connectivity index (χ1) is 12.9. The van der Waals surface area contributed by atoms with Gasteiger partial charge in [-0.3, -0.25) is 4.79 Å². The number of amides is 1. The molecule has 0 fully saturated rings. The van der Waals surface area contributed by atoms with Crippen molar-refractivity contribution in [3.05, 3.63) is 53.6 Å². The first-order valence-corrected chi connectivity index (χ1v) is 9.08. The van der Waals surface area contributed by atoms with Crippen LogP contribution in [0.4, 0.5) is 11.4 Å². The number of ether oxygens (including phenoxy) is 1. The van der Waals surface area contributed by atoms with Crippen LogP contribution in [0.15, 0.2) is 47.4 Å². The standard InChI is InChI=1S/C19H18N2O5S/c1-3-26-18(25)19(21-13-7-5-4-6-12(13)16(22)23)17(24)20-14-9-8-11(2)10-15(14)27-19/h4-10,21H,3H2,1-2H3,(H,20,24)(H,22,23)/t19-/m0/s1. The number of benzene rings is 2. The molecule has 7 nitrogen and oxygen atoms in total. The molecule has 0 aromatic heterocycles. The maximum atomic E-state index is 12.9. The lowest BCUT2D eigenvalue weighted by atomic mass is 10.1. The van der Waals surface area contributed by atoms with Gasteiger partial charge < -0.3 is 20.5 Å². The lowest BCUT2D eigenvalue weighted by molar-refractivity contribution is -0.147. The summed E-state index contributed by atoms with van der Waals surface area (Å²) in [5.41, 5.74) is 1.64. The molecule has 0 aliphatic carbocycles. The number of carbonyl (C=O) groups excluding carboxylic acids is 2. The summed E-state index contributed by atoms with van der Waals surface area (Å²) in [5, 5.41) is 15.0. The van der Waals surface area contributed by atoms with E-state index < -0.39 is 22.7 Å². The van der Waals surface area contributed by atoms with Crippen molar-refractivity contribution < 1.29 is 24.2 Å². The summed E-state index contributed by atoms with van der Waals surface area (Å²) < 4.78 is 5.14. The number of hydrogen-bond acceptors (Lipinski definition) is 6. The Kier molecular flexibility index (Phi) is 5.09. The molecule has 0 saturated heterocycles. The van der Waals surface area contributed by atoms with Crippen LogP contribution in [0.1, 0.15) is 22.8 Å². The van der Waals surface area contributed by atoms with Gasteiger partial charge in [-0.25, -0.2) is 9.59 Å². The molecule has 3 rings (SSSR count). The highest BCUT2D eigenvalue weighted by atomic mass is 32.2. The molecular weight excluding hydrogens is 368 g/mol. The summed E-state index contributed by atoms with van der Waals surface area (Å²) in [6.45, 7) is 3.62. The van der Waals surface area contributed by atoms with E-state index in [1.165, 1.54) is 12.1 Å². The summed E-state index contributed by atoms with van der Waals surface area (Å²) in [6, 6.07) is 11.5. The summed E-state index contributed by atoms with van der Waals surface area (Å²) in [6.07, 6.45) is 0. The van der Waals surface area contributed by atoms with Gasteiger partial charge in [-0.1, -0.05) is 30.0 Å². The fourth-order valence-electron chi connectivity index (χ4n) is 2.71. The molecule has 0 spiro atoms. The average molecular weight is 386 g/mol. The van der Waals surface area contributed by atoms with Gasteiger partial charge in [0.05, 0.1) is 23.5 Å². The number of rotatable bonds is 5. The van der Waals surface area contributed by atoms with E-state index in [-0.39, 0.29) is 17.9 Å². The van der Waals surface area contributed by atoms with Crippen LogP contribution in [-0.4, -0.2) is 34.4 Å². The Morgan fingerprint density at radius 1 is 1.26 bits per heavy atom. The second-order valence-corrected chi connectivity index (χ2v) is 7.19. The van der Waals surface area contributed by atoms with Gasteiger partial charge in [-0.15, -0.1) is 0 Å². The van der Waals surface area contributed by atoms with Crippen molar-refractivity contribution in [1.29, 1.82) is 0 Å². The number of fused-ring (bicyclic) bond motifs is 1. The molecule has 0 radical (unpaired) electrons. The average Bonchev–Trinajstić information content (AvgIpc) is 2.63. The first-order valence-electron chi connectivity index (χ1n) is 8.26. The van der Waals surface area contributed by atoms with Gasteiger partial charge >= 0.3 is 11.9 Å². The van der Waals surface area contributed by atoms with Gasteiger partial charge in [-0.2, -0.15) is 0 Å². The molecule has 1 aliphatic rings. The van der Waals surface area contributed by atoms with Gasteiger partial charge in [0.1, 0.15) is 0 Å². The van der Waals surface area contributed by atoms with Crippen molar-refractivity contribution in [3.63, 3.8) is 0 Å². The Hall–Kier alpha value is -3.00. The number of anilines is 2. The highest BCUT2D eigenvalue weighted by Crippen LogP contribution is 2.44. The maximum Gasteiger partial charge on any atom is 0.352 e. The number of hydrogen-bond donors (Lipinski definition) is 3. The number of aryl methyl sites for hydroxylation is 1. The molecule has 3 N–H and O–H groups in total. The first kappa shape index (κ1) is 18.8. The largest absolute Gasteiger partial charge is 0.478 e. The Balaban J connectivity index is 2.10. The number of esters is 1. The zero-order chi connectivity index (χ0) is 19.6. The molecule has 1 atom stereocenters. The van der Waals surface area contributed by atoms with Crippen LogP contribution in [0, 0.1) is 6.92 Å². The van der Waals surface area contributed by atoms with Gasteiger partial charge in [0.25, 0.3) is 10.8 Å². The molecule has 140 valence electrons. The van der Waals surface area contributed by atoms with E-state index in [0.29, 0.717) is 10.6 Å². The molecule has 2 aromatic carbocycles. The summed E-state index contributed by atoms with van der Waals surface area (Å²) in [7, 11) is 0. The fourth-order valence-corrected chi connectivity index (χ4v) is 3.96.